The maximum absolute atomic E-state index is 13.6. The summed E-state index contributed by atoms with van der Waals surface area (Å²) in [5.41, 5.74) is 3.19. The number of urea groups is 1. The second-order valence-corrected chi connectivity index (χ2v) is 12.1. The number of carbonyl (C=O) groups excluding carboxylic acids is 2. The van der Waals surface area contributed by atoms with Gasteiger partial charge in [0.25, 0.3) is 5.91 Å². The molecular formula is C31H36ClN7O4. The lowest BCUT2D eigenvalue weighted by Gasteiger charge is -2.34. The fourth-order valence-corrected chi connectivity index (χ4v) is 5.23. The summed E-state index contributed by atoms with van der Waals surface area (Å²) in [7, 11) is 1.63. The number of halogens is 1. The number of aliphatic hydroxyl groups is 1. The number of ether oxygens (including phenoxy) is 1. The van der Waals surface area contributed by atoms with Crippen molar-refractivity contribution in [2.24, 2.45) is 0 Å². The van der Waals surface area contributed by atoms with Crippen molar-refractivity contribution in [3.63, 3.8) is 0 Å². The number of aromatic nitrogens is 2. The second kappa shape index (κ2) is 12.3. The molecule has 0 saturated carbocycles. The van der Waals surface area contributed by atoms with E-state index < -0.39 is 6.23 Å². The second-order valence-electron chi connectivity index (χ2n) is 11.7. The van der Waals surface area contributed by atoms with Crippen molar-refractivity contribution in [2.75, 3.05) is 40.7 Å². The lowest BCUT2D eigenvalue weighted by molar-refractivity contribution is 0.102. The number of benzene rings is 2. The smallest absolute Gasteiger partial charge is 0.330 e. The minimum atomic E-state index is -0.869. The van der Waals surface area contributed by atoms with E-state index in [9.17, 15) is 14.7 Å². The monoisotopic (exact) mass is 605 g/mol. The van der Waals surface area contributed by atoms with Crippen LogP contribution in [0, 0.1) is 0 Å². The first-order valence-electron chi connectivity index (χ1n) is 14.0. The van der Waals surface area contributed by atoms with Crippen molar-refractivity contribution in [2.45, 2.75) is 51.0 Å². The van der Waals surface area contributed by atoms with Gasteiger partial charge in [-0.05, 0) is 47.4 Å². The van der Waals surface area contributed by atoms with Crippen LogP contribution in [0.3, 0.4) is 0 Å². The topological polar surface area (TPSA) is 132 Å². The number of nitrogens with zero attached hydrogens (tertiary/aromatic N) is 4. The van der Waals surface area contributed by atoms with Crippen LogP contribution in [0.1, 0.15) is 42.3 Å². The van der Waals surface area contributed by atoms with Crippen LogP contribution < -0.4 is 25.8 Å². The fraction of sp³-hybridized carbons (Fsp3) is 0.355. The standard InChI is InChI=1S/C31H36ClN7O4/c1-6-26(40)35-23-16-43-17-24(23)36-29-33-14-19-15-39(30(42)38(5)27(19)37-29)25-12-18(10-11-22(25)32)28(41)34-21-9-7-8-20(13-21)31(2,3)4/h6-14,23-24,26,35,40H,1,15-17H2,2-5H3,(H,34,41)(H,33,36,37). The maximum Gasteiger partial charge on any atom is 0.330 e. The quantitative estimate of drug-likeness (QED) is 0.218. The molecule has 3 amide bonds. The zero-order valence-electron chi connectivity index (χ0n) is 24.6. The van der Waals surface area contributed by atoms with Crippen LogP contribution in [0.4, 0.5) is 27.9 Å². The number of rotatable bonds is 8. The average Bonchev–Trinajstić information content (AvgIpc) is 3.41. The van der Waals surface area contributed by atoms with Gasteiger partial charge < -0.3 is 20.5 Å². The average molecular weight is 606 g/mol. The summed E-state index contributed by atoms with van der Waals surface area (Å²) in [5.74, 6) is 0.469. The molecule has 3 heterocycles. The molecule has 0 aliphatic carbocycles. The molecule has 0 radical (unpaired) electrons. The molecule has 43 heavy (non-hydrogen) atoms. The third-order valence-corrected chi connectivity index (χ3v) is 7.81. The highest BCUT2D eigenvalue weighted by Gasteiger charge is 2.34. The molecule has 2 aromatic carbocycles. The molecule has 0 bridgehead atoms. The van der Waals surface area contributed by atoms with Crippen molar-refractivity contribution >= 4 is 46.7 Å². The van der Waals surface area contributed by atoms with Crippen LogP contribution >= 0.6 is 11.6 Å². The Kier molecular flexibility index (Phi) is 8.70. The van der Waals surface area contributed by atoms with Crippen LogP contribution in [-0.2, 0) is 16.7 Å². The number of nitrogens with one attached hydrogen (secondary N) is 3. The molecule has 2 aliphatic heterocycles. The number of aliphatic hydroxyl groups excluding tert-OH is 1. The lowest BCUT2D eigenvalue weighted by atomic mass is 9.87. The Bertz CT molecular complexity index is 1540. The van der Waals surface area contributed by atoms with Gasteiger partial charge in [0.1, 0.15) is 12.0 Å². The van der Waals surface area contributed by atoms with Crippen LogP contribution in [0.15, 0.2) is 61.3 Å². The molecule has 1 aromatic heterocycles. The first-order chi connectivity index (χ1) is 20.4. The zero-order valence-corrected chi connectivity index (χ0v) is 25.4. The Balaban J connectivity index is 1.34. The number of carbonyl (C=O) groups is 2. The van der Waals surface area contributed by atoms with E-state index in [1.807, 2.05) is 24.3 Å². The largest absolute Gasteiger partial charge is 0.378 e. The van der Waals surface area contributed by atoms with Gasteiger partial charge in [-0.1, -0.05) is 51.1 Å². The van der Waals surface area contributed by atoms with Gasteiger partial charge in [0, 0.05) is 30.1 Å². The molecule has 5 rings (SSSR count). The van der Waals surface area contributed by atoms with Gasteiger partial charge in [-0.25, -0.2) is 9.78 Å². The predicted octanol–water partition coefficient (Wildman–Crippen LogP) is 4.53. The Hall–Kier alpha value is -4.03. The fourth-order valence-electron chi connectivity index (χ4n) is 5.01. The van der Waals surface area contributed by atoms with Crippen LogP contribution in [0.5, 0.6) is 0 Å². The van der Waals surface area contributed by atoms with E-state index in [1.165, 1.54) is 15.9 Å². The molecule has 3 aromatic rings. The molecule has 3 atom stereocenters. The van der Waals surface area contributed by atoms with E-state index >= 15 is 0 Å². The summed E-state index contributed by atoms with van der Waals surface area (Å²) in [6.07, 6.45) is 2.19. The summed E-state index contributed by atoms with van der Waals surface area (Å²) in [6.45, 7) is 10.9. The van der Waals surface area contributed by atoms with Gasteiger partial charge in [0.05, 0.1) is 42.6 Å². The Morgan fingerprint density at radius 3 is 2.72 bits per heavy atom. The highest BCUT2D eigenvalue weighted by Crippen LogP contribution is 2.35. The van der Waals surface area contributed by atoms with Gasteiger partial charge >= 0.3 is 6.03 Å². The number of amides is 3. The zero-order chi connectivity index (χ0) is 30.9. The highest BCUT2D eigenvalue weighted by atomic mass is 35.5. The molecule has 3 unspecified atom stereocenters. The molecule has 2 aliphatic rings. The van der Waals surface area contributed by atoms with Crippen molar-refractivity contribution in [3.05, 3.63) is 83.0 Å². The van der Waals surface area contributed by atoms with E-state index in [4.69, 9.17) is 16.3 Å². The van der Waals surface area contributed by atoms with Crippen molar-refractivity contribution < 1.29 is 19.4 Å². The third-order valence-electron chi connectivity index (χ3n) is 7.49. The molecule has 1 saturated heterocycles. The minimum absolute atomic E-state index is 0.0643. The normalized spacial score (nSPS) is 19.2. The number of hydrogen-bond donors (Lipinski definition) is 4. The molecule has 4 N–H and O–H groups in total. The van der Waals surface area contributed by atoms with Crippen molar-refractivity contribution in [1.29, 1.82) is 0 Å². The van der Waals surface area contributed by atoms with Gasteiger partial charge in [0.15, 0.2) is 0 Å². The van der Waals surface area contributed by atoms with Crippen molar-refractivity contribution in [3.8, 4) is 0 Å². The molecule has 12 heteroatoms. The van der Waals surface area contributed by atoms with Crippen molar-refractivity contribution in [1.82, 2.24) is 15.3 Å². The summed E-state index contributed by atoms with van der Waals surface area (Å²) in [4.78, 5) is 38.8. The van der Waals surface area contributed by atoms with Gasteiger partial charge in [-0.2, -0.15) is 4.98 Å². The molecular weight excluding hydrogens is 570 g/mol. The summed E-state index contributed by atoms with van der Waals surface area (Å²) in [5, 5.41) is 19.4. The van der Waals surface area contributed by atoms with Crippen LogP contribution in [0.25, 0.3) is 0 Å². The summed E-state index contributed by atoms with van der Waals surface area (Å²) >= 11 is 6.56. The van der Waals surface area contributed by atoms with E-state index in [-0.39, 0.29) is 36.0 Å². The van der Waals surface area contributed by atoms with E-state index in [1.54, 1.807) is 31.4 Å². The predicted molar refractivity (Wildman–Crippen MR) is 168 cm³/mol. The summed E-state index contributed by atoms with van der Waals surface area (Å²) in [6, 6.07) is 11.9. The van der Waals surface area contributed by atoms with E-state index in [2.05, 4.69) is 53.3 Å². The lowest BCUT2D eigenvalue weighted by Crippen LogP contribution is -2.48. The Labute approximate surface area is 255 Å². The van der Waals surface area contributed by atoms with Gasteiger partial charge in [-0.15, -0.1) is 0 Å². The summed E-state index contributed by atoms with van der Waals surface area (Å²) < 4.78 is 5.55. The molecule has 11 nitrogen and oxygen atoms in total. The number of hydrogen-bond acceptors (Lipinski definition) is 8. The third kappa shape index (κ3) is 6.65. The first kappa shape index (κ1) is 30.4. The van der Waals surface area contributed by atoms with E-state index in [0.29, 0.717) is 52.5 Å². The highest BCUT2D eigenvalue weighted by molar-refractivity contribution is 6.34. The van der Waals surface area contributed by atoms with Gasteiger partial charge in [0.2, 0.25) is 5.95 Å². The first-order valence-corrected chi connectivity index (χ1v) is 14.4. The number of anilines is 4. The Morgan fingerprint density at radius 2 is 1.98 bits per heavy atom. The van der Waals surface area contributed by atoms with Gasteiger partial charge in [-0.3, -0.25) is 19.9 Å². The molecule has 0 spiro atoms. The van der Waals surface area contributed by atoms with E-state index in [0.717, 1.165) is 5.56 Å². The molecule has 226 valence electrons. The number of fused-ring (bicyclic) bond motifs is 1. The van der Waals surface area contributed by atoms with Crippen LogP contribution in [0.2, 0.25) is 5.02 Å². The maximum atomic E-state index is 13.6. The van der Waals surface area contributed by atoms with Crippen LogP contribution in [-0.4, -0.2) is 65.6 Å². The SMILES string of the molecule is C=CC(O)NC1COCC1Nc1ncc2c(n1)N(C)C(=O)N(c1cc(C(=O)Nc3cccc(C(C)(C)C)c3)ccc1Cl)C2. The minimum Gasteiger partial charge on any atom is -0.378 e. The molecule has 1 fully saturated rings. The Morgan fingerprint density at radius 1 is 1.21 bits per heavy atom.